The number of esters is 1. The minimum absolute atomic E-state index is 0.00885. The third kappa shape index (κ3) is 5.34. The molecule has 1 N–H and O–H groups in total. The van der Waals surface area contributed by atoms with Gasteiger partial charge in [-0.3, -0.25) is 9.59 Å². The van der Waals surface area contributed by atoms with Gasteiger partial charge in [-0.15, -0.1) is 11.3 Å². The predicted octanol–water partition coefficient (Wildman–Crippen LogP) is 3.65. The molecule has 2 atom stereocenters. The lowest BCUT2D eigenvalue weighted by atomic mass is 10.1. The van der Waals surface area contributed by atoms with Crippen LogP contribution in [0.1, 0.15) is 59.4 Å². The number of thiophene rings is 1. The fraction of sp³-hybridized carbons (Fsp3) is 0.455. The highest BCUT2D eigenvalue weighted by atomic mass is 32.2. The van der Waals surface area contributed by atoms with Crippen molar-refractivity contribution in [2.24, 2.45) is 0 Å². The number of nitrogens with zero attached hydrogens (tertiary/aromatic N) is 1. The van der Waals surface area contributed by atoms with Crippen molar-refractivity contribution in [1.29, 1.82) is 0 Å². The molecule has 168 valence electrons. The number of rotatable bonds is 7. The summed E-state index contributed by atoms with van der Waals surface area (Å²) in [5, 5.41) is 4.74. The second-order valence-corrected chi connectivity index (χ2v) is 10.6. The Labute approximate surface area is 187 Å². The van der Waals surface area contributed by atoms with Crippen LogP contribution in [0.3, 0.4) is 0 Å². The van der Waals surface area contributed by atoms with E-state index in [1.165, 1.54) is 28.8 Å². The highest BCUT2D eigenvalue weighted by Gasteiger charge is 2.32. The molecule has 2 aromatic rings. The van der Waals surface area contributed by atoms with Crippen molar-refractivity contribution < 1.29 is 22.7 Å². The summed E-state index contributed by atoms with van der Waals surface area (Å²) in [6.45, 7) is 4.16. The third-order valence-corrected chi connectivity index (χ3v) is 8.59. The van der Waals surface area contributed by atoms with E-state index < -0.39 is 27.9 Å². The number of benzene rings is 1. The number of hydrogen-bond acceptors (Lipinski definition) is 6. The van der Waals surface area contributed by atoms with Crippen LogP contribution < -0.4 is 5.32 Å². The Bertz CT molecular complexity index is 1030. The molecule has 31 heavy (non-hydrogen) atoms. The van der Waals surface area contributed by atoms with Crippen LogP contribution >= 0.6 is 11.3 Å². The molecule has 0 saturated carbocycles. The van der Waals surface area contributed by atoms with E-state index in [1.807, 2.05) is 24.4 Å². The van der Waals surface area contributed by atoms with Crippen molar-refractivity contribution >= 4 is 33.2 Å². The Kier molecular flexibility index (Phi) is 7.51. The molecule has 3 rings (SSSR count). The monoisotopic (exact) mass is 464 g/mol. The second-order valence-electron chi connectivity index (χ2n) is 7.76. The third-order valence-electron chi connectivity index (χ3n) is 5.59. The highest BCUT2D eigenvalue weighted by Crippen LogP contribution is 2.27. The molecule has 9 heteroatoms. The minimum Gasteiger partial charge on any atom is -0.469 e. The van der Waals surface area contributed by atoms with Gasteiger partial charge in [-0.1, -0.05) is 18.6 Å². The van der Waals surface area contributed by atoms with Crippen LogP contribution in [0.15, 0.2) is 40.6 Å². The molecule has 0 bridgehead atoms. The molecular weight excluding hydrogens is 436 g/mol. The summed E-state index contributed by atoms with van der Waals surface area (Å²) >= 11 is 1.43. The van der Waals surface area contributed by atoms with Gasteiger partial charge in [0.25, 0.3) is 5.91 Å². The minimum atomic E-state index is -3.70. The Hall–Kier alpha value is -2.23. The molecular formula is C22H28N2O5S2. The van der Waals surface area contributed by atoms with E-state index in [9.17, 15) is 18.0 Å². The molecule has 0 radical (unpaired) electrons. The number of sulfonamides is 1. The van der Waals surface area contributed by atoms with Crippen LogP contribution in [0.2, 0.25) is 0 Å². The number of amides is 1. The summed E-state index contributed by atoms with van der Waals surface area (Å²) in [6.07, 6.45) is 2.66. The molecule has 1 aromatic heterocycles. The average molecular weight is 465 g/mol. The molecule has 1 aliphatic rings. The predicted molar refractivity (Wildman–Crippen MR) is 120 cm³/mol. The van der Waals surface area contributed by atoms with Crippen LogP contribution in [0.4, 0.5) is 0 Å². The van der Waals surface area contributed by atoms with E-state index in [-0.39, 0.29) is 22.9 Å². The zero-order valence-corrected chi connectivity index (χ0v) is 19.6. The quantitative estimate of drug-likeness (QED) is 0.632. The first-order valence-corrected chi connectivity index (χ1v) is 12.6. The Morgan fingerprint density at radius 1 is 1.29 bits per heavy atom. The van der Waals surface area contributed by atoms with Gasteiger partial charge in [0, 0.05) is 23.0 Å². The smallest absolute Gasteiger partial charge is 0.307 e. The maximum absolute atomic E-state index is 13.2. The Balaban J connectivity index is 1.88. The molecule has 0 spiro atoms. The van der Waals surface area contributed by atoms with Crippen molar-refractivity contribution in [1.82, 2.24) is 9.62 Å². The zero-order chi connectivity index (χ0) is 22.6. The van der Waals surface area contributed by atoms with Crippen molar-refractivity contribution in [3.63, 3.8) is 0 Å². The van der Waals surface area contributed by atoms with Gasteiger partial charge in [0.2, 0.25) is 10.0 Å². The van der Waals surface area contributed by atoms with Crippen LogP contribution in [0.25, 0.3) is 0 Å². The first kappa shape index (κ1) is 23.4. The van der Waals surface area contributed by atoms with E-state index in [0.29, 0.717) is 12.1 Å². The lowest BCUT2D eigenvalue weighted by Crippen LogP contribution is -2.42. The number of aryl methyl sites for hydroxylation is 1. The van der Waals surface area contributed by atoms with Gasteiger partial charge < -0.3 is 10.1 Å². The number of hydrogen-bond donors (Lipinski definition) is 1. The summed E-state index contributed by atoms with van der Waals surface area (Å²) < 4.78 is 32.7. The van der Waals surface area contributed by atoms with Crippen LogP contribution in [0.5, 0.6) is 0 Å². The average Bonchev–Trinajstić information content (AvgIpc) is 3.28. The summed E-state index contributed by atoms with van der Waals surface area (Å²) in [4.78, 5) is 25.9. The number of piperidine rings is 1. The Morgan fingerprint density at radius 3 is 2.71 bits per heavy atom. The number of carbonyl (C=O) groups excluding carboxylic acids is 2. The number of ether oxygens (including phenoxy) is 1. The Morgan fingerprint density at radius 2 is 2.06 bits per heavy atom. The van der Waals surface area contributed by atoms with Gasteiger partial charge >= 0.3 is 5.97 Å². The first-order chi connectivity index (χ1) is 14.7. The summed E-state index contributed by atoms with van der Waals surface area (Å²) in [7, 11) is -2.40. The largest absolute Gasteiger partial charge is 0.469 e. The molecule has 1 saturated heterocycles. The number of carbonyl (C=O) groups is 2. The fourth-order valence-electron chi connectivity index (χ4n) is 3.77. The SMILES string of the molecule is COC(=O)CC(NC(=O)c1cc(S(=O)(=O)N2CCCCC2C)ccc1C)c1cccs1. The maximum atomic E-state index is 13.2. The van der Waals surface area contributed by atoms with Gasteiger partial charge in [0.15, 0.2) is 0 Å². The molecule has 7 nitrogen and oxygen atoms in total. The van der Waals surface area contributed by atoms with Crippen molar-refractivity contribution in [2.45, 2.75) is 56.5 Å². The molecule has 1 fully saturated rings. The summed E-state index contributed by atoms with van der Waals surface area (Å²) in [5.74, 6) is -0.866. The topological polar surface area (TPSA) is 92.8 Å². The molecule has 1 aromatic carbocycles. The van der Waals surface area contributed by atoms with Crippen LogP contribution in [-0.4, -0.2) is 44.3 Å². The van der Waals surface area contributed by atoms with Crippen molar-refractivity contribution in [3.05, 3.63) is 51.7 Å². The maximum Gasteiger partial charge on any atom is 0.307 e. The van der Waals surface area contributed by atoms with Gasteiger partial charge in [-0.2, -0.15) is 4.31 Å². The van der Waals surface area contributed by atoms with Crippen molar-refractivity contribution in [3.8, 4) is 0 Å². The van der Waals surface area contributed by atoms with E-state index >= 15 is 0 Å². The number of nitrogens with one attached hydrogen (secondary N) is 1. The summed E-state index contributed by atoms with van der Waals surface area (Å²) in [6, 6.07) is 7.69. The van der Waals surface area contributed by atoms with E-state index in [0.717, 1.165) is 24.1 Å². The van der Waals surface area contributed by atoms with Crippen LogP contribution in [-0.2, 0) is 19.6 Å². The van der Waals surface area contributed by atoms with E-state index in [2.05, 4.69) is 5.32 Å². The second kappa shape index (κ2) is 9.93. The molecule has 1 aliphatic heterocycles. The molecule has 2 heterocycles. The highest BCUT2D eigenvalue weighted by molar-refractivity contribution is 7.89. The van der Waals surface area contributed by atoms with Crippen molar-refractivity contribution in [2.75, 3.05) is 13.7 Å². The van der Waals surface area contributed by atoms with E-state index in [1.54, 1.807) is 19.1 Å². The van der Waals surface area contributed by atoms with E-state index in [4.69, 9.17) is 4.74 Å². The van der Waals surface area contributed by atoms with Gasteiger partial charge in [0.05, 0.1) is 24.5 Å². The fourth-order valence-corrected chi connectivity index (χ4v) is 6.27. The standard InChI is InChI=1S/C22H28N2O5S2/c1-15-9-10-17(31(27,28)24-11-5-4-7-16(24)2)13-18(15)22(26)23-19(14-21(25)29-3)20-8-6-12-30-20/h6,8-10,12-13,16,19H,4-5,7,11,14H2,1-3H3,(H,23,26). The number of methoxy groups -OCH3 is 1. The first-order valence-electron chi connectivity index (χ1n) is 10.3. The molecule has 0 aliphatic carbocycles. The lowest BCUT2D eigenvalue weighted by molar-refractivity contribution is -0.141. The van der Waals surface area contributed by atoms with Gasteiger partial charge in [0.1, 0.15) is 0 Å². The van der Waals surface area contributed by atoms with Gasteiger partial charge in [-0.25, -0.2) is 8.42 Å². The zero-order valence-electron chi connectivity index (χ0n) is 18.0. The normalized spacial score (nSPS) is 18.4. The van der Waals surface area contributed by atoms with Gasteiger partial charge in [-0.05, 0) is 55.8 Å². The van der Waals surface area contributed by atoms with Crippen LogP contribution in [0, 0.1) is 6.92 Å². The summed E-state index contributed by atoms with van der Waals surface area (Å²) in [5.41, 5.74) is 0.934. The molecule has 2 unspecified atom stereocenters. The lowest BCUT2D eigenvalue weighted by Gasteiger charge is -2.32. The molecule has 1 amide bonds.